The molecule has 0 aliphatic carbocycles. The normalized spacial score (nSPS) is 10.6. The Kier molecular flexibility index (Phi) is 2.02. The van der Waals surface area contributed by atoms with Crippen LogP contribution in [0.25, 0.3) is 0 Å². The van der Waals surface area contributed by atoms with Crippen LogP contribution in [0, 0.1) is 10.7 Å². The van der Waals surface area contributed by atoms with Crippen molar-refractivity contribution in [3.63, 3.8) is 0 Å². The Bertz CT molecular complexity index is 413. The number of phenolic OH excluding ortho intramolecular Hbond substituents is 1. The van der Waals surface area contributed by atoms with E-state index < -0.39 is 9.84 Å². The van der Waals surface area contributed by atoms with Gasteiger partial charge in [0.2, 0.25) is 0 Å². The molecule has 0 aliphatic rings. The predicted octanol–water partition coefficient (Wildman–Crippen LogP) is 0.647. The third kappa shape index (κ3) is 1.54. The number of phenols is 1. The van der Waals surface area contributed by atoms with Gasteiger partial charge in [0.15, 0.2) is 5.40 Å². The molecule has 0 radical (unpaired) electrons. The van der Waals surface area contributed by atoms with E-state index in [0.717, 1.165) is 0 Å². The van der Waals surface area contributed by atoms with E-state index in [0.29, 0.717) is 0 Å². The molecule has 0 unspecified atom stereocenters. The van der Waals surface area contributed by atoms with Crippen molar-refractivity contribution in [1.29, 1.82) is 5.26 Å². The van der Waals surface area contributed by atoms with E-state index in [4.69, 9.17) is 10.4 Å². The Labute approximate surface area is 69.6 Å². The van der Waals surface area contributed by atoms with Crippen LogP contribution in [-0.2, 0) is 9.84 Å². The lowest BCUT2D eigenvalue weighted by Crippen LogP contribution is -1.94. The van der Waals surface area contributed by atoms with E-state index >= 15 is 0 Å². The Morgan fingerprint density at radius 1 is 1.25 bits per heavy atom. The highest BCUT2D eigenvalue weighted by Gasteiger charge is 2.11. The molecule has 1 aromatic rings. The number of nitrogens with zero attached hydrogens (tertiary/aromatic N) is 1. The van der Waals surface area contributed by atoms with Gasteiger partial charge >= 0.3 is 0 Å². The standard InChI is InChI=1S/C7H5NO3S/c8-5-12(10,11)7-3-1-6(9)2-4-7/h1-4,9H. The van der Waals surface area contributed by atoms with Crippen LogP contribution in [0.1, 0.15) is 0 Å². The van der Waals surface area contributed by atoms with E-state index in [1.807, 2.05) is 0 Å². The highest BCUT2D eigenvalue weighted by molar-refractivity contribution is 7.95. The zero-order valence-corrected chi connectivity index (χ0v) is 6.75. The van der Waals surface area contributed by atoms with Crippen molar-refractivity contribution in [2.24, 2.45) is 0 Å². The average molecular weight is 183 g/mol. The lowest BCUT2D eigenvalue weighted by Gasteiger charge is -1.94. The molecule has 4 nitrogen and oxygen atoms in total. The summed E-state index contributed by atoms with van der Waals surface area (Å²) in [5.41, 5.74) is 0. The van der Waals surface area contributed by atoms with Crippen LogP contribution in [0.5, 0.6) is 5.75 Å². The summed E-state index contributed by atoms with van der Waals surface area (Å²) in [5.74, 6) is -0.0353. The number of thiocyanates is 1. The molecule has 1 N–H and O–H groups in total. The third-order valence-corrected chi connectivity index (χ3v) is 2.40. The molecule has 0 heterocycles. The van der Waals surface area contributed by atoms with Crippen molar-refractivity contribution in [2.45, 2.75) is 4.90 Å². The minimum atomic E-state index is -3.82. The van der Waals surface area contributed by atoms with E-state index in [9.17, 15) is 8.42 Å². The summed E-state index contributed by atoms with van der Waals surface area (Å²) in [4.78, 5) is -0.109. The van der Waals surface area contributed by atoms with Gasteiger partial charge in [0, 0.05) is 0 Å². The summed E-state index contributed by atoms with van der Waals surface area (Å²) < 4.78 is 21.7. The molecule has 5 heteroatoms. The van der Waals surface area contributed by atoms with E-state index in [1.54, 1.807) is 0 Å². The van der Waals surface area contributed by atoms with Crippen molar-refractivity contribution >= 4 is 9.84 Å². The second kappa shape index (κ2) is 2.83. The predicted molar refractivity (Wildman–Crippen MR) is 40.9 cm³/mol. The second-order valence-corrected chi connectivity index (χ2v) is 3.75. The Morgan fingerprint density at radius 2 is 1.75 bits per heavy atom. The molecule has 1 aromatic carbocycles. The molecule has 1 rings (SSSR count). The van der Waals surface area contributed by atoms with Gasteiger partial charge in [0.25, 0.3) is 9.84 Å². The minimum Gasteiger partial charge on any atom is -0.508 e. The van der Waals surface area contributed by atoms with E-state index in [-0.39, 0.29) is 10.6 Å². The summed E-state index contributed by atoms with van der Waals surface area (Å²) in [5, 5.41) is 18.2. The fourth-order valence-electron chi connectivity index (χ4n) is 0.678. The van der Waals surface area contributed by atoms with Crippen LogP contribution in [-0.4, -0.2) is 13.5 Å². The molecular weight excluding hydrogens is 178 g/mol. The van der Waals surface area contributed by atoms with Gasteiger partial charge < -0.3 is 5.11 Å². The molecule has 0 fully saturated rings. The van der Waals surface area contributed by atoms with E-state index in [2.05, 4.69) is 0 Å². The number of hydrogen-bond acceptors (Lipinski definition) is 4. The maximum absolute atomic E-state index is 10.9. The first-order chi connectivity index (χ1) is 5.56. The number of benzene rings is 1. The molecule has 0 aromatic heterocycles. The molecule has 12 heavy (non-hydrogen) atoms. The van der Waals surface area contributed by atoms with Crippen molar-refractivity contribution in [3.8, 4) is 11.2 Å². The Hall–Kier alpha value is -1.54. The third-order valence-electron chi connectivity index (χ3n) is 1.27. The van der Waals surface area contributed by atoms with Crippen molar-refractivity contribution in [2.75, 3.05) is 0 Å². The van der Waals surface area contributed by atoms with Gasteiger partial charge in [-0.2, -0.15) is 5.26 Å². The second-order valence-electron chi connectivity index (χ2n) is 2.09. The number of sulfone groups is 1. The molecule has 62 valence electrons. The molecule has 0 saturated carbocycles. The van der Waals surface area contributed by atoms with Gasteiger partial charge in [0.1, 0.15) is 5.75 Å². The fourth-order valence-corrected chi connectivity index (χ4v) is 1.28. The highest BCUT2D eigenvalue weighted by Crippen LogP contribution is 2.14. The fraction of sp³-hybridized carbons (Fsp3) is 0. The summed E-state index contributed by atoms with van der Waals surface area (Å²) in [7, 11) is -3.82. The van der Waals surface area contributed by atoms with Crippen LogP contribution >= 0.6 is 0 Å². The summed E-state index contributed by atoms with van der Waals surface area (Å²) >= 11 is 0. The van der Waals surface area contributed by atoms with Crippen molar-refractivity contribution in [3.05, 3.63) is 24.3 Å². The average Bonchev–Trinajstić information content (AvgIpc) is 2.05. The lowest BCUT2D eigenvalue weighted by atomic mass is 10.3. The molecule has 0 aliphatic heterocycles. The van der Waals surface area contributed by atoms with Gasteiger partial charge in [-0.3, -0.25) is 0 Å². The maximum Gasteiger partial charge on any atom is 0.269 e. The summed E-state index contributed by atoms with van der Waals surface area (Å²) in [6.45, 7) is 0. The van der Waals surface area contributed by atoms with Crippen LogP contribution in [0.2, 0.25) is 0 Å². The van der Waals surface area contributed by atoms with Crippen LogP contribution in [0.4, 0.5) is 0 Å². The monoisotopic (exact) mass is 183 g/mol. The van der Waals surface area contributed by atoms with Gasteiger partial charge in [-0.15, -0.1) is 0 Å². The molecule has 0 amide bonds. The van der Waals surface area contributed by atoms with Gasteiger partial charge in [0.05, 0.1) is 4.90 Å². The topological polar surface area (TPSA) is 78.2 Å². The van der Waals surface area contributed by atoms with Gasteiger partial charge in [-0.25, -0.2) is 8.42 Å². The Balaban J connectivity index is 3.26. The van der Waals surface area contributed by atoms with Crippen LogP contribution in [0.15, 0.2) is 29.2 Å². The maximum atomic E-state index is 10.9. The van der Waals surface area contributed by atoms with Crippen LogP contribution < -0.4 is 0 Å². The van der Waals surface area contributed by atoms with Crippen LogP contribution in [0.3, 0.4) is 0 Å². The molecule has 0 atom stereocenters. The first-order valence-electron chi connectivity index (χ1n) is 3.01. The van der Waals surface area contributed by atoms with Gasteiger partial charge in [-0.05, 0) is 24.3 Å². The first kappa shape index (κ1) is 8.56. The highest BCUT2D eigenvalue weighted by atomic mass is 32.2. The Morgan fingerprint density at radius 3 is 2.17 bits per heavy atom. The molecule has 0 saturated heterocycles. The minimum absolute atomic E-state index is 0.0353. The molecule has 0 bridgehead atoms. The number of aromatic hydroxyl groups is 1. The summed E-state index contributed by atoms with van der Waals surface area (Å²) in [6, 6.07) is 4.77. The first-order valence-corrected chi connectivity index (χ1v) is 4.49. The van der Waals surface area contributed by atoms with Crippen molar-refractivity contribution in [1.82, 2.24) is 0 Å². The van der Waals surface area contributed by atoms with E-state index in [1.165, 1.54) is 29.7 Å². The lowest BCUT2D eigenvalue weighted by molar-refractivity contribution is 0.475. The number of hydrogen-bond donors (Lipinski definition) is 1. The zero-order valence-electron chi connectivity index (χ0n) is 5.93. The van der Waals surface area contributed by atoms with Crippen molar-refractivity contribution < 1.29 is 13.5 Å². The van der Waals surface area contributed by atoms with Gasteiger partial charge in [-0.1, -0.05) is 0 Å². The molecule has 0 spiro atoms. The SMILES string of the molecule is N#CS(=O)(=O)c1ccc(O)cc1. The smallest absolute Gasteiger partial charge is 0.269 e. The molecular formula is C7H5NO3S. The zero-order chi connectivity index (χ0) is 9.19. The summed E-state index contributed by atoms with van der Waals surface area (Å²) in [6.07, 6.45) is 0. The quantitative estimate of drug-likeness (QED) is 0.512. The number of nitriles is 1. The number of rotatable bonds is 1. The largest absolute Gasteiger partial charge is 0.508 e.